The number of oxazole rings is 1. The van der Waals surface area contributed by atoms with Gasteiger partial charge in [-0.15, -0.1) is 0 Å². The van der Waals surface area contributed by atoms with E-state index in [0.29, 0.717) is 34.8 Å². The standard InChI is InChI=1S/C21H19NO5/c1-3-10-26-18-9-8-14(12-19(18)25-2)11-15(13-20(23)24)21-22-16-6-4-5-7-17(16)27-21/h3-9,11-12H,1,10,13H2,2H3,(H,23,24). The van der Waals surface area contributed by atoms with Crippen LogP contribution < -0.4 is 9.47 Å². The van der Waals surface area contributed by atoms with E-state index >= 15 is 0 Å². The molecule has 0 fully saturated rings. The first-order chi connectivity index (χ1) is 13.1. The predicted octanol–water partition coefficient (Wildman–Crippen LogP) is 4.42. The number of carbonyl (C=O) groups is 1. The van der Waals surface area contributed by atoms with Gasteiger partial charge < -0.3 is 19.0 Å². The topological polar surface area (TPSA) is 81.8 Å². The maximum atomic E-state index is 11.3. The van der Waals surface area contributed by atoms with Crippen LogP contribution in [0.25, 0.3) is 22.7 Å². The van der Waals surface area contributed by atoms with Crippen LogP contribution in [0.15, 0.2) is 59.5 Å². The van der Waals surface area contributed by atoms with Crippen molar-refractivity contribution < 1.29 is 23.8 Å². The lowest BCUT2D eigenvalue weighted by atomic mass is 10.1. The van der Waals surface area contributed by atoms with Gasteiger partial charge in [0.25, 0.3) is 0 Å². The number of ether oxygens (including phenoxy) is 2. The Balaban J connectivity index is 2.00. The maximum Gasteiger partial charge on any atom is 0.308 e. The van der Waals surface area contributed by atoms with Gasteiger partial charge in [-0.25, -0.2) is 4.98 Å². The first kappa shape index (κ1) is 18.3. The summed E-state index contributed by atoms with van der Waals surface area (Å²) in [6, 6.07) is 12.6. The molecule has 1 aromatic heterocycles. The first-order valence-corrected chi connectivity index (χ1v) is 8.30. The van der Waals surface area contributed by atoms with Crippen molar-refractivity contribution in [2.24, 2.45) is 0 Å². The zero-order valence-electron chi connectivity index (χ0n) is 14.8. The second-order valence-electron chi connectivity index (χ2n) is 5.74. The Kier molecular flexibility index (Phi) is 5.56. The molecule has 0 aliphatic carbocycles. The average molecular weight is 365 g/mol. The summed E-state index contributed by atoms with van der Waals surface area (Å²) in [7, 11) is 1.54. The van der Waals surface area contributed by atoms with E-state index in [0.717, 1.165) is 5.56 Å². The van der Waals surface area contributed by atoms with Crippen molar-refractivity contribution in [2.75, 3.05) is 13.7 Å². The molecule has 6 heteroatoms. The summed E-state index contributed by atoms with van der Waals surface area (Å²) in [4.78, 5) is 15.7. The number of para-hydroxylation sites is 2. The van der Waals surface area contributed by atoms with E-state index in [1.165, 1.54) is 0 Å². The van der Waals surface area contributed by atoms with Gasteiger partial charge in [-0.05, 0) is 35.9 Å². The summed E-state index contributed by atoms with van der Waals surface area (Å²) in [5.41, 5.74) is 2.49. The third kappa shape index (κ3) is 4.36. The predicted molar refractivity (Wildman–Crippen MR) is 103 cm³/mol. The molecular formula is C21H19NO5. The maximum absolute atomic E-state index is 11.3. The highest BCUT2D eigenvalue weighted by atomic mass is 16.5. The zero-order valence-corrected chi connectivity index (χ0v) is 14.8. The average Bonchev–Trinajstić information content (AvgIpc) is 3.10. The molecule has 0 bridgehead atoms. The number of aromatic nitrogens is 1. The highest BCUT2D eigenvalue weighted by Gasteiger charge is 2.15. The smallest absolute Gasteiger partial charge is 0.308 e. The number of hydrogen-bond acceptors (Lipinski definition) is 5. The molecule has 27 heavy (non-hydrogen) atoms. The Morgan fingerprint density at radius 3 is 2.78 bits per heavy atom. The van der Waals surface area contributed by atoms with E-state index < -0.39 is 5.97 Å². The number of fused-ring (bicyclic) bond motifs is 1. The molecule has 0 saturated heterocycles. The van der Waals surface area contributed by atoms with E-state index in [1.807, 2.05) is 24.3 Å². The van der Waals surface area contributed by atoms with Gasteiger partial charge in [-0.1, -0.05) is 30.9 Å². The quantitative estimate of drug-likeness (QED) is 0.595. The molecule has 0 aliphatic heterocycles. The Morgan fingerprint density at radius 1 is 1.26 bits per heavy atom. The zero-order chi connectivity index (χ0) is 19.2. The van der Waals surface area contributed by atoms with Crippen LogP contribution >= 0.6 is 0 Å². The van der Waals surface area contributed by atoms with E-state index in [4.69, 9.17) is 13.9 Å². The van der Waals surface area contributed by atoms with Crippen LogP contribution in [0.2, 0.25) is 0 Å². The third-order valence-corrected chi connectivity index (χ3v) is 3.80. The molecule has 0 aliphatic rings. The third-order valence-electron chi connectivity index (χ3n) is 3.80. The number of hydrogen-bond donors (Lipinski definition) is 1. The van der Waals surface area contributed by atoms with Crippen molar-refractivity contribution in [1.82, 2.24) is 4.98 Å². The van der Waals surface area contributed by atoms with Crippen molar-refractivity contribution in [2.45, 2.75) is 6.42 Å². The fourth-order valence-corrected chi connectivity index (χ4v) is 2.60. The first-order valence-electron chi connectivity index (χ1n) is 8.30. The molecule has 3 aromatic rings. The summed E-state index contributed by atoms with van der Waals surface area (Å²) in [6.45, 7) is 3.98. The lowest BCUT2D eigenvalue weighted by Crippen LogP contribution is -1.98. The van der Waals surface area contributed by atoms with Crippen LogP contribution in [-0.4, -0.2) is 29.8 Å². The van der Waals surface area contributed by atoms with Crippen LogP contribution in [-0.2, 0) is 4.79 Å². The molecule has 138 valence electrons. The largest absolute Gasteiger partial charge is 0.493 e. The van der Waals surface area contributed by atoms with Crippen molar-refractivity contribution in [3.05, 3.63) is 66.6 Å². The molecule has 0 spiro atoms. The lowest BCUT2D eigenvalue weighted by molar-refractivity contribution is -0.135. The Labute approximate surface area is 156 Å². The summed E-state index contributed by atoms with van der Waals surface area (Å²) in [6.07, 6.45) is 3.15. The molecule has 0 saturated carbocycles. The summed E-state index contributed by atoms with van der Waals surface area (Å²) in [5, 5.41) is 9.28. The monoisotopic (exact) mass is 365 g/mol. The van der Waals surface area contributed by atoms with Crippen molar-refractivity contribution >= 4 is 28.7 Å². The van der Waals surface area contributed by atoms with Gasteiger partial charge in [0.05, 0.1) is 13.5 Å². The van der Waals surface area contributed by atoms with Crippen LogP contribution in [0, 0.1) is 0 Å². The van der Waals surface area contributed by atoms with E-state index in [9.17, 15) is 9.90 Å². The minimum Gasteiger partial charge on any atom is -0.493 e. The minimum atomic E-state index is -0.971. The fourth-order valence-electron chi connectivity index (χ4n) is 2.60. The molecule has 1 heterocycles. The second-order valence-corrected chi connectivity index (χ2v) is 5.74. The fraction of sp³-hybridized carbons (Fsp3) is 0.143. The van der Waals surface area contributed by atoms with Gasteiger partial charge in [0.1, 0.15) is 12.1 Å². The number of methoxy groups -OCH3 is 1. The number of benzene rings is 2. The number of carboxylic acids is 1. The number of carboxylic acid groups (broad SMARTS) is 1. The highest BCUT2D eigenvalue weighted by Crippen LogP contribution is 2.31. The molecule has 0 atom stereocenters. The van der Waals surface area contributed by atoms with Crippen LogP contribution in [0.1, 0.15) is 17.9 Å². The van der Waals surface area contributed by atoms with Gasteiger partial charge in [-0.3, -0.25) is 4.79 Å². The Morgan fingerprint density at radius 2 is 2.07 bits per heavy atom. The molecular weight excluding hydrogens is 346 g/mol. The van der Waals surface area contributed by atoms with E-state index in [-0.39, 0.29) is 12.3 Å². The number of aliphatic carboxylic acids is 1. The molecule has 0 radical (unpaired) electrons. The van der Waals surface area contributed by atoms with Gasteiger partial charge in [-0.2, -0.15) is 0 Å². The van der Waals surface area contributed by atoms with Gasteiger partial charge in [0.15, 0.2) is 17.1 Å². The lowest BCUT2D eigenvalue weighted by Gasteiger charge is -2.10. The second kappa shape index (κ2) is 8.23. The molecule has 6 nitrogen and oxygen atoms in total. The van der Waals surface area contributed by atoms with Crippen LogP contribution in [0.4, 0.5) is 0 Å². The van der Waals surface area contributed by atoms with E-state index in [1.54, 1.807) is 37.5 Å². The van der Waals surface area contributed by atoms with E-state index in [2.05, 4.69) is 11.6 Å². The minimum absolute atomic E-state index is 0.218. The normalized spacial score (nSPS) is 11.4. The SMILES string of the molecule is C=CCOc1ccc(C=C(CC(=O)O)c2nc3ccccc3o2)cc1OC. The molecule has 3 rings (SSSR count). The molecule has 0 unspecified atom stereocenters. The highest BCUT2D eigenvalue weighted by molar-refractivity contribution is 5.91. The van der Waals surface area contributed by atoms with Crippen molar-refractivity contribution in [1.29, 1.82) is 0 Å². The van der Waals surface area contributed by atoms with Gasteiger partial charge in [0, 0.05) is 5.57 Å². The Bertz CT molecular complexity index is 970. The van der Waals surface area contributed by atoms with Crippen LogP contribution in [0.3, 0.4) is 0 Å². The van der Waals surface area contributed by atoms with Crippen molar-refractivity contribution in [3.63, 3.8) is 0 Å². The summed E-state index contributed by atoms with van der Waals surface area (Å²) < 4.78 is 16.6. The van der Waals surface area contributed by atoms with Crippen LogP contribution in [0.5, 0.6) is 11.5 Å². The van der Waals surface area contributed by atoms with Gasteiger partial charge in [0.2, 0.25) is 5.89 Å². The summed E-state index contributed by atoms with van der Waals surface area (Å²) in [5.74, 6) is 0.431. The number of nitrogens with zero attached hydrogens (tertiary/aromatic N) is 1. The van der Waals surface area contributed by atoms with Gasteiger partial charge >= 0.3 is 5.97 Å². The molecule has 2 aromatic carbocycles. The molecule has 0 amide bonds. The molecule has 1 N–H and O–H groups in total. The Hall–Kier alpha value is -3.54. The van der Waals surface area contributed by atoms with Crippen molar-refractivity contribution in [3.8, 4) is 11.5 Å². The number of rotatable bonds is 8. The summed E-state index contributed by atoms with van der Waals surface area (Å²) >= 11 is 0.